The van der Waals surface area contributed by atoms with E-state index in [1.165, 1.54) is 0 Å². The first kappa shape index (κ1) is 13.8. The number of nitrogens with one attached hydrogen (secondary N) is 1. The Morgan fingerprint density at radius 3 is 2.76 bits per heavy atom. The summed E-state index contributed by atoms with van der Waals surface area (Å²) in [5.74, 6) is 0.527. The number of benzene rings is 2. The second kappa shape index (κ2) is 5.65. The van der Waals surface area contributed by atoms with Crippen LogP contribution in [0.15, 0.2) is 40.9 Å². The number of hydrogen-bond donors (Lipinski definition) is 2. The zero-order valence-corrected chi connectivity index (χ0v) is 12.5. The van der Waals surface area contributed by atoms with E-state index in [0.29, 0.717) is 6.54 Å². The van der Waals surface area contributed by atoms with E-state index in [1.54, 1.807) is 18.2 Å². The lowest BCUT2D eigenvalue weighted by Gasteiger charge is -2.09. The highest BCUT2D eigenvalue weighted by atomic mass is 79.9. The van der Waals surface area contributed by atoms with Gasteiger partial charge in [-0.05, 0) is 29.8 Å². The van der Waals surface area contributed by atoms with Gasteiger partial charge in [0.25, 0.3) is 0 Å². The summed E-state index contributed by atoms with van der Waals surface area (Å²) in [5.41, 5.74) is 2.14. The molecule has 0 aliphatic carbocycles. The van der Waals surface area contributed by atoms with Crippen molar-refractivity contribution in [2.75, 3.05) is 12.1 Å². The second-order valence-corrected chi connectivity index (χ2v) is 5.39. The van der Waals surface area contributed by atoms with Crippen LogP contribution in [0.5, 0.6) is 11.5 Å². The summed E-state index contributed by atoms with van der Waals surface area (Å²) in [5, 5.41) is 12.2. The zero-order valence-electron chi connectivity index (χ0n) is 10.9. The molecule has 0 unspecified atom stereocenters. The number of hydrogen-bond acceptors (Lipinski definition) is 4. The van der Waals surface area contributed by atoms with Crippen molar-refractivity contribution in [1.82, 2.24) is 0 Å². The maximum absolute atomic E-state index is 10.9. The minimum absolute atomic E-state index is 0.251. The van der Waals surface area contributed by atoms with Crippen molar-refractivity contribution in [3.8, 4) is 11.5 Å². The summed E-state index contributed by atoms with van der Waals surface area (Å²) in [6.45, 7) is 0.821. The molecule has 2 N–H and O–H groups in total. The third kappa shape index (κ3) is 2.95. The highest BCUT2D eigenvalue weighted by molar-refractivity contribution is 9.10. The Morgan fingerprint density at radius 2 is 2.00 bits per heavy atom. The Balaban J connectivity index is 1.71. The van der Waals surface area contributed by atoms with Crippen molar-refractivity contribution in [1.29, 1.82) is 0 Å². The van der Waals surface area contributed by atoms with Crippen LogP contribution in [0, 0.1) is 0 Å². The molecular formula is C15H12BrNO4. The third-order valence-electron chi connectivity index (χ3n) is 3.16. The molecule has 0 saturated heterocycles. The molecule has 0 atom stereocenters. The highest BCUT2D eigenvalue weighted by Crippen LogP contribution is 2.34. The van der Waals surface area contributed by atoms with Gasteiger partial charge in [-0.25, -0.2) is 4.79 Å². The van der Waals surface area contributed by atoms with E-state index in [0.717, 1.165) is 27.2 Å². The molecule has 1 heterocycles. The number of aromatic carboxylic acids is 1. The largest absolute Gasteiger partial charge is 0.478 e. The van der Waals surface area contributed by atoms with Gasteiger partial charge in [0.15, 0.2) is 11.5 Å². The number of anilines is 1. The Hall–Kier alpha value is -2.21. The van der Waals surface area contributed by atoms with E-state index >= 15 is 0 Å². The van der Waals surface area contributed by atoms with Gasteiger partial charge in [0.05, 0.1) is 5.56 Å². The number of rotatable bonds is 4. The topological polar surface area (TPSA) is 67.8 Å². The van der Waals surface area contributed by atoms with E-state index in [2.05, 4.69) is 21.2 Å². The van der Waals surface area contributed by atoms with E-state index in [9.17, 15) is 4.79 Å². The van der Waals surface area contributed by atoms with Gasteiger partial charge in [-0.3, -0.25) is 0 Å². The van der Waals surface area contributed by atoms with Crippen LogP contribution in [-0.4, -0.2) is 17.9 Å². The molecule has 108 valence electrons. The molecule has 0 amide bonds. The van der Waals surface area contributed by atoms with Crippen molar-refractivity contribution in [3.05, 3.63) is 52.0 Å². The van der Waals surface area contributed by atoms with Crippen molar-refractivity contribution in [2.24, 2.45) is 0 Å². The van der Waals surface area contributed by atoms with Crippen LogP contribution in [0.1, 0.15) is 15.9 Å². The van der Waals surface area contributed by atoms with E-state index in [-0.39, 0.29) is 12.4 Å². The van der Waals surface area contributed by atoms with Crippen molar-refractivity contribution >= 4 is 27.6 Å². The predicted octanol–water partition coefficient (Wildman–Crippen LogP) is 3.49. The average Bonchev–Trinajstić information content (AvgIpc) is 2.93. The molecule has 0 bridgehead atoms. The highest BCUT2D eigenvalue weighted by Gasteiger charge is 2.13. The fourth-order valence-corrected chi connectivity index (χ4v) is 2.55. The predicted molar refractivity (Wildman–Crippen MR) is 81.0 cm³/mol. The zero-order chi connectivity index (χ0) is 14.8. The molecule has 0 saturated carbocycles. The number of halogens is 1. The van der Waals surface area contributed by atoms with Gasteiger partial charge in [-0.15, -0.1) is 0 Å². The molecule has 2 aromatic carbocycles. The first-order chi connectivity index (χ1) is 10.1. The number of carbonyl (C=O) groups is 1. The molecule has 5 nitrogen and oxygen atoms in total. The number of fused-ring (bicyclic) bond motifs is 1. The molecule has 0 radical (unpaired) electrons. The van der Waals surface area contributed by atoms with Crippen molar-refractivity contribution < 1.29 is 19.4 Å². The molecule has 1 aliphatic heterocycles. The first-order valence-corrected chi connectivity index (χ1v) is 7.08. The van der Waals surface area contributed by atoms with Crippen LogP contribution in [0.4, 0.5) is 5.69 Å². The molecule has 1 aliphatic rings. The number of carboxylic acid groups (broad SMARTS) is 1. The van der Waals surface area contributed by atoms with Gasteiger partial charge in [-0.1, -0.05) is 22.0 Å². The summed E-state index contributed by atoms with van der Waals surface area (Å²) < 4.78 is 11.3. The van der Waals surface area contributed by atoms with Crippen LogP contribution in [-0.2, 0) is 6.54 Å². The third-order valence-corrected chi connectivity index (χ3v) is 3.89. The maximum Gasteiger partial charge on any atom is 0.335 e. The SMILES string of the molecule is O=C(O)c1ccc(CNc2ccc3c(c2)OCO3)c(Br)c1. The maximum atomic E-state index is 10.9. The van der Waals surface area contributed by atoms with Crippen LogP contribution in [0.25, 0.3) is 0 Å². The molecule has 0 fully saturated rings. The van der Waals surface area contributed by atoms with Crippen LogP contribution < -0.4 is 14.8 Å². The Labute approximate surface area is 129 Å². The van der Waals surface area contributed by atoms with Gasteiger partial charge >= 0.3 is 5.97 Å². The lowest BCUT2D eigenvalue weighted by molar-refractivity contribution is 0.0697. The van der Waals surface area contributed by atoms with Crippen LogP contribution in [0.3, 0.4) is 0 Å². The van der Waals surface area contributed by atoms with Gasteiger partial charge in [-0.2, -0.15) is 0 Å². The smallest absolute Gasteiger partial charge is 0.335 e. The monoisotopic (exact) mass is 349 g/mol. The van der Waals surface area contributed by atoms with Gasteiger partial charge < -0.3 is 19.9 Å². The summed E-state index contributed by atoms with van der Waals surface area (Å²) in [6.07, 6.45) is 0. The molecular weight excluding hydrogens is 338 g/mol. The lowest BCUT2D eigenvalue weighted by atomic mass is 10.1. The van der Waals surface area contributed by atoms with Crippen LogP contribution in [0.2, 0.25) is 0 Å². The fourth-order valence-electron chi connectivity index (χ4n) is 2.03. The van der Waals surface area contributed by atoms with Crippen LogP contribution >= 0.6 is 15.9 Å². The molecule has 21 heavy (non-hydrogen) atoms. The minimum Gasteiger partial charge on any atom is -0.478 e. The quantitative estimate of drug-likeness (QED) is 0.884. The summed E-state index contributed by atoms with van der Waals surface area (Å²) in [4.78, 5) is 10.9. The van der Waals surface area contributed by atoms with Crippen molar-refractivity contribution in [3.63, 3.8) is 0 Å². The molecule has 0 aromatic heterocycles. The summed E-state index contributed by atoms with van der Waals surface area (Å²) in [6, 6.07) is 10.6. The van der Waals surface area contributed by atoms with E-state index < -0.39 is 5.97 Å². The van der Waals surface area contributed by atoms with Gasteiger partial charge in [0.1, 0.15) is 0 Å². The standard InChI is InChI=1S/C15H12BrNO4/c16-12-5-9(15(18)19)1-2-10(12)7-17-11-3-4-13-14(6-11)21-8-20-13/h1-6,17H,7-8H2,(H,18,19). The molecule has 0 spiro atoms. The second-order valence-electron chi connectivity index (χ2n) is 4.53. The Morgan fingerprint density at radius 1 is 1.19 bits per heavy atom. The molecule has 6 heteroatoms. The molecule has 2 aromatic rings. The normalized spacial score (nSPS) is 12.2. The number of carboxylic acids is 1. The molecule has 3 rings (SSSR count). The summed E-state index contributed by atoms with van der Waals surface area (Å²) >= 11 is 3.39. The van der Waals surface area contributed by atoms with Gasteiger partial charge in [0, 0.05) is 22.8 Å². The first-order valence-electron chi connectivity index (χ1n) is 6.29. The average molecular weight is 350 g/mol. The van der Waals surface area contributed by atoms with Crippen molar-refractivity contribution in [2.45, 2.75) is 6.54 Å². The summed E-state index contributed by atoms with van der Waals surface area (Å²) in [7, 11) is 0. The fraction of sp³-hybridized carbons (Fsp3) is 0.133. The number of ether oxygens (including phenoxy) is 2. The minimum atomic E-state index is -0.939. The van der Waals surface area contributed by atoms with E-state index in [1.807, 2.05) is 18.2 Å². The Kier molecular flexibility index (Phi) is 3.70. The Bertz CT molecular complexity index is 702. The van der Waals surface area contributed by atoms with Gasteiger partial charge in [0.2, 0.25) is 6.79 Å². The lowest BCUT2D eigenvalue weighted by Crippen LogP contribution is -2.02. The van der Waals surface area contributed by atoms with E-state index in [4.69, 9.17) is 14.6 Å².